The first-order valence-corrected chi connectivity index (χ1v) is 5.38. The second-order valence-corrected chi connectivity index (χ2v) is 4.06. The molecule has 2 atom stereocenters. The van der Waals surface area contributed by atoms with E-state index in [0.29, 0.717) is 6.42 Å². The first kappa shape index (κ1) is 11.4. The van der Waals surface area contributed by atoms with Gasteiger partial charge in [-0.05, 0) is 12.0 Å². The van der Waals surface area contributed by atoms with Gasteiger partial charge in [0.25, 0.3) is 0 Å². The lowest BCUT2D eigenvalue weighted by atomic mass is 9.94. The molecular formula is C12H13NO4. The average Bonchev–Trinajstić information content (AvgIpc) is 2.74. The number of nitrogens with zero attached hydrogens (tertiary/aromatic N) is 1. The van der Waals surface area contributed by atoms with Gasteiger partial charge in [0.05, 0.1) is 12.0 Å². The number of carbonyl (C=O) groups is 2. The maximum Gasteiger partial charge on any atom is 0.407 e. The Hall–Kier alpha value is -2.04. The van der Waals surface area contributed by atoms with Crippen LogP contribution in [0.1, 0.15) is 18.0 Å². The fraction of sp³-hybridized carbons (Fsp3) is 0.333. The zero-order valence-corrected chi connectivity index (χ0v) is 9.11. The molecule has 1 amide bonds. The number of hydrogen-bond acceptors (Lipinski definition) is 2. The fourth-order valence-corrected chi connectivity index (χ4v) is 2.33. The molecular weight excluding hydrogens is 222 g/mol. The van der Waals surface area contributed by atoms with Crippen LogP contribution in [0.15, 0.2) is 30.3 Å². The molecule has 2 N–H and O–H groups in total. The Morgan fingerprint density at radius 2 is 1.82 bits per heavy atom. The second kappa shape index (κ2) is 4.45. The van der Waals surface area contributed by atoms with Crippen LogP contribution in [0.2, 0.25) is 0 Å². The highest BCUT2D eigenvalue weighted by Crippen LogP contribution is 2.37. The van der Waals surface area contributed by atoms with E-state index < -0.39 is 24.0 Å². The van der Waals surface area contributed by atoms with Crippen LogP contribution in [0.4, 0.5) is 4.79 Å². The first-order valence-electron chi connectivity index (χ1n) is 5.38. The quantitative estimate of drug-likeness (QED) is 0.819. The maximum absolute atomic E-state index is 11.1. The summed E-state index contributed by atoms with van der Waals surface area (Å²) >= 11 is 0. The van der Waals surface area contributed by atoms with Gasteiger partial charge in [-0.15, -0.1) is 0 Å². The minimum absolute atomic E-state index is 0.270. The van der Waals surface area contributed by atoms with Crippen LogP contribution >= 0.6 is 0 Å². The van der Waals surface area contributed by atoms with Crippen LogP contribution in [0, 0.1) is 5.92 Å². The van der Waals surface area contributed by atoms with Crippen molar-refractivity contribution in [2.45, 2.75) is 12.5 Å². The molecule has 1 aliphatic heterocycles. The van der Waals surface area contributed by atoms with Crippen LogP contribution < -0.4 is 0 Å². The largest absolute Gasteiger partial charge is 0.481 e. The molecule has 0 saturated carbocycles. The van der Waals surface area contributed by atoms with Gasteiger partial charge >= 0.3 is 12.1 Å². The molecule has 0 unspecified atom stereocenters. The van der Waals surface area contributed by atoms with Crippen LogP contribution in [0.3, 0.4) is 0 Å². The van der Waals surface area contributed by atoms with Crippen LogP contribution in [0.5, 0.6) is 0 Å². The van der Waals surface area contributed by atoms with E-state index in [4.69, 9.17) is 10.2 Å². The van der Waals surface area contributed by atoms with Gasteiger partial charge in [0.2, 0.25) is 0 Å². The number of carboxylic acid groups (broad SMARTS) is 2. The molecule has 0 bridgehead atoms. The SMILES string of the molecule is O=C(O)[C@@H]1CCN(C(=O)O)[C@H]1c1ccccc1. The smallest absolute Gasteiger partial charge is 0.407 e. The summed E-state index contributed by atoms with van der Waals surface area (Å²) in [6.07, 6.45) is -0.705. The summed E-state index contributed by atoms with van der Waals surface area (Å²) in [6, 6.07) is 8.34. The van der Waals surface area contributed by atoms with E-state index in [9.17, 15) is 9.59 Å². The van der Waals surface area contributed by atoms with E-state index in [0.717, 1.165) is 5.56 Å². The van der Waals surface area contributed by atoms with Gasteiger partial charge in [-0.1, -0.05) is 30.3 Å². The number of hydrogen-bond donors (Lipinski definition) is 2. The Bertz CT molecular complexity index is 409. The van der Waals surface area contributed by atoms with E-state index in [1.807, 2.05) is 6.07 Å². The van der Waals surface area contributed by atoms with Gasteiger partial charge in [-0.25, -0.2) is 4.79 Å². The van der Waals surface area contributed by atoms with Crippen molar-refractivity contribution in [3.8, 4) is 0 Å². The molecule has 1 fully saturated rings. The number of amides is 1. The van der Waals surface area contributed by atoms with E-state index >= 15 is 0 Å². The predicted molar refractivity (Wildman–Crippen MR) is 59.7 cm³/mol. The molecule has 2 rings (SSSR count). The molecule has 0 aromatic heterocycles. The highest BCUT2D eigenvalue weighted by Gasteiger charge is 2.41. The van der Waals surface area contributed by atoms with Crippen LogP contribution in [0.25, 0.3) is 0 Å². The highest BCUT2D eigenvalue weighted by atomic mass is 16.4. The lowest BCUT2D eigenvalue weighted by molar-refractivity contribution is -0.142. The zero-order valence-electron chi connectivity index (χ0n) is 9.11. The summed E-state index contributed by atoms with van der Waals surface area (Å²) in [5.74, 6) is -1.60. The predicted octanol–water partition coefficient (Wildman–Crippen LogP) is 1.81. The highest BCUT2D eigenvalue weighted by molar-refractivity contribution is 5.75. The molecule has 0 aliphatic carbocycles. The summed E-state index contributed by atoms with van der Waals surface area (Å²) < 4.78 is 0. The number of aliphatic carboxylic acids is 1. The number of carboxylic acids is 1. The minimum Gasteiger partial charge on any atom is -0.481 e. The van der Waals surface area contributed by atoms with Crippen molar-refractivity contribution >= 4 is 12.1 Å². The third kappa shape index (κ3) is 2.08. The summed E-state index contributed by atoms with van der Waals surface area (Å²) in [4.78, 5) is 23.4. The maximum atomic E-state index is 11.1. The molecule has 1 aliphatic rings. The number of rotatable bonds is 2. The molecule has 1 saturated heterocycles. The minimum atomic E-state index is -1.07. The van der Waals surface area contributed by atoms with Crippen LogP contribution in [-0.2, 0) is 4.79 Å². The van der Waals surface area contributed by atoms with Gasteiger partial charge in [0.1, 0.15) is 0 Å². The van der Waals surface area contributed by atoms with Crippen molar-refractivity contribution in [3.63, 3.8) is 0 Å². The summed E-state index contributed by atoms with van der Waals surface area (Å²) in [5.41, 5.74) is 0.736. The Morgan fingerprint density at radius 3 is 2.35 bits per heavy atom. The molecule has 5 heteroatoms. The van der Waals surface area contributed by atoms with E-state index in [1.165, 1.54) is 4.90 Å². The fourth-order valence-electron chi connectivity index (χ4n) is 2.33. The van der Waals surface area contributed by atoms with Crippen LogP contribution in [-0.4, -0.2) is 33.7 Å². The van der Waals surface area contributed by atoms with Gasteiger partial charge in [0, 0.05) is 6.54 Å². The van der Waals surface area contributed by atoms with Gasteiger partial charge in [-0.3, -0.25) is 4.79 Å². The molecule has 0 spiro atoms. The van der Waals surface area contributed by atoms with E-state index in [-0.39, 0.29) is 6.54 Å². The average molecular weight is 235 g/mol. The lowest BCUT2D eigenvalue weighted by Gasteiger charge is -2.24. The summed E-state index contributed by atoms with van der Waals surface area (Å²) in [5, 5.41) is 18.2. The van der Waals surface area contributed by atoms with E-state index in [2.05, 4.69) is 0 Å². The Morgan fingerprint density at radius 1 is 1.18 bits per heavy atom. The van der Waals surface area contributed by atoms with Crippen molar-refractivity contribution in [2.24, 2.45) is 5.92 Å². The standard InChI is InChI=1S/C12H13NO4/c14-11(15)9-6-7-13(12(16)17)10(9)8-4-2-1-3-5-8/h1-5,9-10H,6-7H2,(H,14,15)(H,16,17)/t9-,10+/m1/s1. The monoisotopic (exact) mass is 235 g/mol. The van der Waals surface area contributed by atoms with Crippen molar-refractivity contribution in [1.82, 2.24) is 4.90 Å². The van der Waals surface area contributed by atoms with Gasteiger partial charge < -0.3 is 15.1 Å². The summed E-state index contributed by atoms with van der Waals surface area (Å²) in [7, 11) is 0. The van der Waals surface area contributed by atoms with Crippen molar-refractivity contribution < 1.29 is 19.8 Å². The van der Waals surface area contributed by atoms with Crippen molar-refractivity contribution in [3.05, 3.63) is 35.9 Å². The number of likely N-dealkylation sites (tertiary alicyclic amines) is 1. The summed E-state index contributed by atoms with van der Waals surface area (Å²) in [6.45, 7) is 0.270. The Labute approximate surface area is 98.3 Å². The Kier molecular flexibility index (Phi) is 2.99. The third-order valence-corrected chi connectivity index (χ3v) is 3.10. The molecule has 5 nitrogen and oxygen atoms in total. The van der Waals surface area contributed by atoms with Gasteiger partial charge in [-0.2, -0.15) is 0 Å². The third-order valence-electron chi connectivity index (χ3n) is 3.10. The number of benzene rings is 1. The first-order chi connectivity index (χ1) is 8.11. The lowest BCUT2D eigenvalue weighted by Crippen LogP contribution is -2.32. The molecule has 0 radical (unpaired) electrons. The van der Waals surface area contributed by atoms with Gasteiger partial charge in [0.15, 0.2) is 0 Å². The molecule has 1 aromatic rings. The second-order valence-electron chi connectivity index (χ2n) is 4.06. The molecule has 90 valence electrons. The Balaban J connectivity index is 2.36. The molecule has 1 heterocycles. The van der Waals surface area contributed by atoms with Crippen molar-refractivity contribution in [1.29, 1.82) is 0 Å². The van der Waals surface area contributed by atoms with Crippen molar-refractivity contribution in [2.75, 3.05) is 6.54 Å². The molecule has 1 aromatic carbocycles. The zero-order chi connectivity index (χ0) is 12.4. The normalized spacial score (nSPS) is 23.6. The topological polar surface area (TPSA) is 77.8 Å². The van der Waals surface area contributed by atoms with E-state index in [1.54, 1.807) is 24.3 Å². The molecule has 17 heavy (non-hydrogen) atoms.